The van der Waals surface area contributed by atoms with Gasteiger partial charge in [0.15, 0.2) is 0 Å². The van der Waals surface area contributed by atoms with Crippen molar-refractivity contribution in [3.63, 3.8) is 0 Å². The van der Waals surface area contributed by atoms with Gasteiger partial charge in [0, 0.05) is 51.5 Å². The Labute approximate surface area is 302 Å². The Hall–Kier alpha value is -5.18. The first kappa shape index (κ1) is 31.4. The molecule has 10 rings (SSSR count). The molecular formula is C34H24N12Pt2. The number of benzene rings is 2. The van der Waals surface area contributed by atoms with Crippen LogP contribution in [0.5, 0.6) is 0 Å². The van der Waals surface area contributed by atoms with Gasteiger partial charge < -0.3 is 47.3 Å². The summed E-state index contributed by atoms with van der Waals surface area (Å²) in [6, 6.07) is 16.5. The van der Waals surface area contributed by atoms with Crippen LogP contribution >= 0.6 is 0 Å². The summed E-state index contributed by atoms with van der Waals surface area (Å²) in [5, 5.41) is 4.47. The van der Waals surface area contributed by atoms with E-state index >= 15 is 0 Å². The molecule has 0 unspecified atom stereocenters. The molecule has 0 aliphatic carbocycles. The zero-order valence-electron chi connectivity index (χ0n) is 25.4. The van der Waals surface area contributed by atoms with Gasteiger partial charge in [0.05, 0.1) is 0 Å². The van der Waals surface area contributed by atoms with E-state index in [9.17, 15) is 0 Å². The van der Waals surface area contributed by atoms with Crippen molar-refractivity contribution in [1.82, 2.24) is 57.3 Å². The van der Waals surface area contributed by atoms with Gasteiger partial charge in [0.25, 0.3) is 0 Å². The fourth-order valence-corrected chi connectivity index (χ4v) is 6.06. The summed E-state index contributed by atoms with van der Waals surface area (Å²) in [7, 11) is 3.95. The van der Waals surface area contributed by atoms with E-state index in [2.05, 4.69) is 56.9 Å². The van der Waals surface area contributed by atoms with Crippen LogP contribution in [0.25, 0.3) is 67.1 Å². The minimum Gasteiger partial charge on any atom is -0.441 e. The molecule has 10 aromatic rings. The van der Waals surface area contributed by atoms with Gasteiger partial charge in [-0.05, 0) is 44.2 Å². The fourth-order valence-electron chi connectivity index (χ4n) is 6.06. The number of hydrogen-bond donors (Lipinski definition) is 0. The van der Waals surface area contributed by atoms with E-state index in [0.717, 1.165) is 67.1 Å². The van der Waals surface area contributed by atoms with Crippen molar-refractivity contribution in [2.45, 2.75) is 0 Å². The van der Waals surface area contributed by atoms with Crippen molar-refractivity contribution in [1.29, 1.82) is 0 Å². The van der Waals surface area contributed by atoms with Gasteiger partial charge in [-0.25, -0.2) is 9.97 Å². The third-order valence-electron chi connectivity index (χ3n) is 8.22. The van der Waals surface area contributed by atoms with Gasteiger partial charge >= 0.3 is 42.1 Å². The normalized spacial score (nSPS) is 11.2. The number of rotatable bonds is 4. The van der Waals surface area contributed by atoms with Gasteiger partial charge in [-0.1, -0.05) is 96.7 Å². The Morgan fingerprint density at radius 3 is 1.35 bits per heavy atom. The Bertz CT molecular complexity index is 2440. The van der Waals surface area contributed by atoms with Crippen molar-refractivity contribution in [3.8, 4) is 23.3 Å². The van der Waals surface area contributed by atoms with Gasteiger partial charge in [-0.3, -0.25) is 0 Å². The van der Waals surface area contributed by atoms with Crippen LogP contribution in [0.4, 0.5) is 0 Å². The van der Waals surface area contributed by atoms with E-state index in [1.54, 1.807) is 24.8 Å². The number of imidazole rings is 4. The van der Waals surface area contributed by atoms with Crippen molar-refractivity contribution < 1.29 is 42.1 Å². The van der Waals surface area contributed by atoms with E-state index in [1.807, 2.05) is 103 Å². The summed E-state index contributed by atoms with van der Waals surface area (Å²) >= 11 is 0. The summed E-state index contributed by atoms with van der Waals surface area (Å²) in [5.74, 6) is 1.69. The standard InChI is InChI=1S/2C17H12N6.2Pt/c2*1-21-9-7-19-17(21)23-8-5-13-12-3-2-4-14(15(12)20-16(13)23)22-10-6-18-11-22;;/h2*2-10H,1H3;;/q2*-2;2*+2. The van der Waals surface area contributed by atoms with Crippen LogP contribution in [0, 0.1) is 12.7 Å². The number of nitrogens with zero attached hydrogens (tertiary/aromatic N) is 12. The Morgan fingerprint density at radius 1 is 0.521 bits per heavy atom. The second kappa shape index (κ2) is 12.4. The Balaban J connectivity index is 0.000000146. The first-order valence-corrected chi connectivity index (χ1v) is 14.6. The molecule has 12 nitrogen and oxygen atoms in total. The van der Waals surface area contributed by atoms with E-state index < -0.39 is 0 Å². The third-order valence-corrected chi connectivity index (χ3v) is 8.22. The molecule has 8 aromatic heterocycles. The maximum Gasteiger partial charge on any atom is 2.00 e. The van der Waals surface area contributed by atoms with Gasteiger partial charge in [0.2, 0.25) is 0 Å². The number of para-hydroxylation sites is 2. The van der Waals surface area contributed by atoms with Crippen molar-refractivity contribution in [2.75, 3.05) is 0 Å². The van der Waals surface area contributed by atoms with E-state index in [-0.39, 0.29) is 42.1 Å². The molecule has 0 radical (unpaired) electrons. The molecule has 0 saturated heterocycles. The smallest absolute Gasteiger partial charge is 0.441 e. The molecule has 0 atom stereocenters. The molecule has 0 aliphatic rings. The summed E-state index contributed by atoms with van der Waals surface area (Å²) in [4.78, 5) is 26.6. The number of fused-ring (bicyclic) bond motifs is 6. The molecule has 0 aliphatic heterocycles. The van der Waals surface area contributed by atoms with Crippen LogP contribution in [-0.2, 0) is 56.2 Å². The molecule has 240 valence electrons. The van der Waals surface area contributed by atoms with E-state index in [1.165, 1.54) is 0 Å². The molecule has 0 amide bonds. The minimum atomic E-state index is 0. The Morgan fingerprint density at radius 2 is 0.979 bits per heavy atom. The maximum absolute atomic E-state index is 4.87. The molecule has 14 heteroatoms. The predicted octanol–water partition coefficient (Wildman–Crippen LogP) is 4.92. The van der Waals surface area contributed by atoms with Gasteiger partial charge in [-0.2, -0.15) is 0 Å². The second-order valence-corrected chi connectivity index (χ2v) is 10.9. The van der Waals surface area contributed by atoms with E-state index in [0.29, 0.717) is 0 Å². The second-order valence-electron chi connectivity index (χ2n) is 10.9. The first-order chi connectivity index (χ1) is 22.7. The molecule has 0 fully saturated rings. The SMILES string of the molecule is Cn1ccnc1-n1ccc2c3cccc(-n4[c-]ncc4)c3[n-]c21.Cn1ccnc1-n1ccc2c3cccc(-n4[c-]ncc4)c3[n-]c21.[Pt+2].[Pt+2]. The monoisotopic (exact) mass is 990 g/mol. The van der Waals surface area contributed by atoms with Crippen LogP contribution in [0.1, 0.15) is 0 Å². The zero-order chi connectivity index (χ0) is 30.8. The average molecular weight is 991 g/mol. The third kappa shape index (κ3) is 4.91. The predicted molar refractivity (Wildman–Crippen MR) is 174 cm³/mol. The van der Waals surface area contributed by atoms with Gasteiger partial charge in [-0.15, -0.1) is 0 Å². The zero-order valence-corrected chi connectivity index (χ0v) is 29.9. The molecule has 0 bridgehead atoms. The largest absolute Gasteiger partial charge is 2.00 e. The summed E-state index contributed by atoms with van der Waals surface area (Å²) in [6.07, 6.45) is 24.5. The number of aromatic nitrogens is 12. The quantitative estimate of drug-likeness (QED) is 0.232. The summed E-state index contributed by atoms with van der Waals surface area (Å²) < 4.78 is 11.7. The summed E-state index contributed by atoms with van der Waals surface area (Å²) in [5.41, 5.74) is 5.64. The van der Waals surface area contributed by atoms with Crippen molar-refractivity contribution in [3.05, 3.63) is 123 Å². The van der Waals surface area contributed by atoms with Crippen molar-refractivity contribution >= 4 is 43.9 Å². The van der Waals surface area contributed by atoms with Crippen LogP contribution < -0.4 is 9.97 Å². The molecule has 2 aromatic carbocycles. The molecule has 0 spiro atoms. The number of hydrogen-bond acceptors (Lipinski definition) is 4. The minimum absolute atomic E-state index is 0. The van der Waals surface area contributed by atoms with Crippen LogP contribution in [0.15, 0.2) is 110 Å². The van der Waals surface area contributed by atoms with Crippen LogP contribution in [-0.4, -0.2) is 47.3 Å². The Kier molecular flexibility index (Phi) is 8.15. The molecule has 48 heavy (non-hydrogen) atoms. The number of aryl methyl sites for hydroxylation is 2. The van der Waals surface area contributed by atoms with Gasteiger partial charge in [0.1, 0.15) is 11.9 Å². The average Bonchev–Trinajstić information content (AvgIpc) is 3.90. The molecule has 0 N–H and O–H groups in total. The fraction of sp³-hybridized carbons (Fsp3) is 0.0588. The molecule has 8 heterocycles. The molecular weight excluding hydrogens is 967 g/mol. The first-order valence-electron chi connectivity index (χ1n) is 14.6. The van der Waals surface area contributed by atoms with Crippen molar-refractivity contribution in [2.24, 2.45) is 14.1 Å². The molecule has 0 saturated carbocycles. The van der Waals surface area contributed by atoms with E-state index in [4.69, 9.17) is 9.97 Å². The van der Waals surface area contributed by atoms with Crippen LogP contribution in [0.2, 0.25) is 0 Å². The maximum atomic E-state index is 4.87. The summed E-state index contributed by atoms with van der Waals surface area (Å²) in [6.45, 7) is 0. The topological polar surface area (TPSA) is 109 Å². The van der Waals surface area contributed by atoms with Crippen LogP contribution in [0.3, 0.4) is 0 Å².